The molecular formula is C15H19ClO. The lowest BCUT2D eigenvalue weighted by Gasteiger charge is -2.29. The van der Waals surface area contributed by atoms with E-state index < -0.39 is 0 Å². The van der Waals surface area contributed by atoms with Gasteiger partial charge in [0, 0.05) is 6.61 Å². The zero-order valence-corrected chi connectivity index (χ0v) is 11.1. The Labute approximate surface area is 108 Å². The van der Waals surface area contributed by atoms with Crippen LogP contribution in [-0.4, -0.2) is 12.2 Å². The number of benzene rings is 1. The second-order valence-corrected chi connectivity index (χ2v) is 5.95. The Morgan fingerprint density at radius 2 is 2.06 bits per heavy atom. The lowest BCUT2D eigenvalue weighted by atomic mass is 9.91. The van der Waals surface area contributed by atoms with Crippen LogP contribution in [0.15, 0.2) is 18.2 Å². The van der Waals surface area contributed by atoms with Crippen molar-refractivity contribution in [3.05, 3.63) is 34.9 Å². The number of alkyl halides is 1. The van der Waals surface area contributed by atoms with Crippen LogP contribution in [0, 0.1) is 0 Å². The summed E-state index contributed by atoms with van der Waals surface area (Å²) in [6, 6.07) is 6.74. The molecule has 17 heavy (non-hydrogen) atoms. The van der Waals surface area contributed by atoms with Crippen LogP contribution in [0.25, 0.3) is 0 Å². The summed E-state index contributed by atoms with van der Waals surface area (Å²) in [5, 5.41) is -0.0177. The number of aryl methyl sites for hydroxylation is 2. The van der Waals surface area contributed by atoms with E-state index in [1.807, 2.05) is 0 Å². The number of rotatable bonds is 2. The Morgan fingerprint density at radius 1 is 1.24 bits per heavy atom. The van der Waals surface area contributed by atoms with Gasteiger partial charge in [-0.25, -0.2) is 0 Å². The Morgan fingerprint density at radius 3 is 2.82 bits per heavy atom. The normalized spacial score (nSPS) is 29.3. The van der Waals surface area contributed by atoms with E-state index in [0.29, 0.717) is 0 Å². The Bertz CT molecular complexity index is 421. The molecule has 0 radical (unpaired) electrons. The SMILES string of the molecule is CC1(C(Cl)c2ccc3c(c2)CCC3)CCCO1. The maximum atomic E-state index is 6.63. The highest BCUT2D eigenvalue weighted by atomic mass is 35.5. The van der Waals surface area contributed by atoms with E-state index in [0.717, 1.165) is 19.4 Å². The Hall–Kier alpha value is -0.530. The molecule has 0 saturated carbocycles. The minimum atomic E-state index is -0.172. The van der Waals surface area contributed by atoms with Crippen LogP contribution >= 0.6 is 11.6 Å². The molecular weight excluding hydrogens is 232 g/mol. The van der Waals surface area contributed by atoms with Crippen molar-refractivity contribution in [3.63, 3.8) is 0 Å². The van der Waals surface area contributed by atoms with E-state index in [-0.39, 0.29) is 11.0 Å². The average Bonchev–Trinajstić information content (AvgIpc) is 2.96. The van der Waals surface area contributed by atoms with Gasteiger partial charge in [-0.15, -0.1) is 11.6 Å². The predicted molar refractivity (Wildman–Crippen MR) is 70.7 cm³/mol. The summed E-state index contributed by atoms with van der Waals surface area (Å²) >= 11 is 6.63. The molecule has 3 rings (SSSR count). The third-order valence-corrected chi connectivity index (χ3v) is 4.91. The molecule has 2 heteroatoms. The fourth-order valence-corrected chi connectivity index (χ4v) is 3.41. The van der Waals surface area contributed by atoms with Gasteiger partial charge in [-0.3, -0.25) is 0 Å². The number of fused-ring (bicyclic) bond motifs is 1. The fourth-order valence-electron chi connectivity index (χ4n) is 3.10. The molecule has 0 amide bonds. The van der Waals surface area contributed by atoms with Crippen LogP contribution < -0.4 is 0 Å². The minimum absolute atomic E-state index is 0.0177. The molecule has 1 saturated heterocycles. The van der Waals surface area contributed by atoms with E-state index in [4.69, 9.17) is 16.3 Å². The summed E-state index contributed by atoms with van der Waals surface area (Å²) in [4.78, 5) is 0. The molecule has 2 aliphatic rings. The molecule has 0 bridgehead atoms. The maximum Gasteiger partial charge on any atom is 0.0872 e. The van der Waals surface area contributed by atoms with Crippen molar-refractivity contribution in [2.75, 3.05) is 6.61 Å². The molecule has 0 aromatic heterocycles. The van der Waals surface area contributed by atoms with Gasteiger partial charge in [-0.05, 0) is 55.7 Å². The summed E-state index contributed by atoms with van der Waals surface area (Å²) in [6.07, 6.45) is 5.93. The molecule has 1 aliphatic heterocycles. The predicted octanol–water partition coefficient (Wildman–Crippen LogP) is 4.02. The number of ether oxygens (including phenoxy) is 1. The van der Waals surface area contributed by atoms with Crippen LogP contribution in [0.3, 0.4) is 0 Å². The summed E-state index contributed by atoms with van der Waals surface area (Å²) < 4.78 is 5.84. The standard InChI is InChI=1S/C15H19ClO/c1-15(8-3-9-17-15)14(16)13-7-6-11-4-2-5-12(11)10-13/h6-7,10,14H,2-5,8-9H2,1H3. The minimum Gasteiger partial charge on any atom is -0.373 e. The number of hydrogen-bond acceptors (Lipinski definition) is 1. The average molecular weight is 251 g/mol. The summed E-state index contributed by atoms with van der Waals surface area (Å²) in [5.74, 6) is 0. The van der Waals surface area contributed by atoms with E-state index in [1.165, 1.54) is 36.0 Å². The Kier molecular flexibility index (Phi) is 2.92. The number of halogens is 1. The topological polar surface area (TPSA) is 9.23 Å². The van der Waals surface area contributed by atoms with E-state index in [1.54, 1.807) is 0 Å². The van der Waals surface area contributed by atoms with Crippen molar-refractivity contribution in [1.29, 1.82) is 0 Å². The van der Waals surface area contributed by atoms with Gasteiger partial charge in [0.1, 0.15) is 0 Å². The molecule has 1 fully saturated rings. The third kappa shape index (κ3) is 2.00. The summed E-state index contributed by atoms with van der Waals surface area (Å²) in [7, 11) is 0. The maximum absolute atomic E-state index is 6.63. The van der Waals surface area contributed by atoms with Crippen LogP contribution in [-0.2, 0) is 17.6 Å². The molecule has 2 atom stereocenters. The molecule has 2 unspecified atom stereocenters. The zero-order chi connectivity index (χ0) is 11.9. The van der Waals surface area contributed by atoms with Crippen LogP contribution in [0.5, 0.6) is 0 Å². The first-order valence-electron chi connectivity index (χ1n) is 6.59. The lowest BCUT2D eigenvalue weighted by molar-refractivity contribution is 0.0164. The van der Waals surface area contributed by atoms with Crippen molar-refractivity contribution in [3.8, 4) is 0 Å². The van der Waals surface area contributed by atoms with Crippen LogP contribution in [0.2, 0.25) is 0 Å². The second kappa shape index (κ2) is 4.29. The summed E-state index contributed by atoms with van der Waals surface area (Å²) in [6.45, 7) is 3.00. The summed E-state index contributed by atoms with van der Waals surface area (Å²) in [5.41, 5.74) is 4.07. The first kappa shape index (κ1) is 11.6. The second-order valence-electron chi connectivity index (χ2n) is 5.51. The van der Waals surface area contributed by atoms with Crippen molar-refractivity contribution >= 4 is 11.6 Å². The van der Waals surface area contributed by atoms with Crippen molar-refractivity contribution in [2.45, 2.75) is 50.0 Å². The van der Waals surface area contributed by atoms with Gasteiger partial charge in [-0.1, -0.05) is 18.2 Å². The van der Waals surface area contributed by atoms with Crippen molar-refractivity contribution < 1.29 is 4.74 Å². The fraction of sp³-hybridized carbons (Fsp3) is 0.600. The van der Waals surface area contributed by atoms with Gasteiger partial charge in [-0.2, -0.15) is 0 Å². The Balaban J connectivity index is 1.88. The van der Waals surface area contributed by atoms with E-state index in [2.05, 4.69) is 25.1 Å². The van der Waals surface area contributed by atoms with E-state index in [9.17, 15) is 0 Å². The first-order chi connectivity index (χ1) is 8.19. The highest BCUT2D eigenvalue weighted by molar-refractivity contribution is 6.21. The molecule has 1 aromatic carbocycles. The molecule has 92 valence electrons. The molecule has 1 aromatic rings. The van der Waals surface area contributed by atoms with Gasteiger partial charge in [0.15, 0.2) is 0 Å². The first-order valence-corrected chi connectivity index (χ1v) is 7.02. The quantitative estimate of drug-likeness (QED) is 0.721. The highest BCUT2D eigenvalue weighted by Crippen LogP contribution is 2.42. The monoisotopic (exact) mass is 250 g/mol. The molecule has 0 N–H and O–H groups in total. The third-order valence-electron chi connectivity index (χ3n) is 4.20. The lowest BCUT2D eigenvalue weighted by Crippen LogP contribution is -2.28. The smallest absolute Gasteiger partial charge is 0.0872 e. The van der Waals surface area contributed by atoms with E-state index >= 15 is 0 Å². The molecule has 1 aliphatic carbocycles. The van der Waals surface area contributed by atoms with Crippen LogP contribution in [0.4, 0.5) is 0 Å². The van der Waals surface area contributed by atoms with Gasteiger partial charge in [0.25, 0.3) is 0 Å². The van der Waals surface area contributed by atoms with Crippen molar-refractivity contribution in [2.24, 2.45) is 0 Å². The van der Waals surface area contributed by atoms with Gasteiger partial charge in [0.2, 0.25) is 0 Å². The molecule has 1 nitrogen and oxygen atoms in total. The zero-order valence-electron chi connectivity index (χ0n) is 10.3. The van der Waals surface area contributed by atoms with Crippen LogP contribution in [0.1, 0.15) is 48.3 Å². The van der Waals surface area contributed by atoms with Gasteiger partial charge < -0.3 is 4.74 Å². The molecule has 1 heterocycles. The molecule has 0 spiro atoms. The van der Waals surface area contributed by atoms with Crippen molar-refractivity contribution in [1.82, 2.24) is 0 Å². The highest BCUT2D eigenvalue weighted by Gasteiger charge is 2.38. The van der Waals surface area contributed by atoms with Gasteiger partial charge >= 0.3 is 0 Å². The largest absolute Gasteiger partial charge is 0.373 e. The van der Waals surface area contributed by atoms with Gasteiger partial charge in [0.05, 0.1) is 11.0 Å². The number of hydrogen-bond donors (Lipinski definition) is 0.